The summed E-state index contributed by atoms with van der Waals surface area (Å²) in [6.45, 7) is 3.18. The van der Waals surface area contributed by atoms with Gasteiger partial charge >= 0.3 is 5.97 Å². The van der Waals surface area contributed by atoms with E-state index in [1.165, 1.54) is 0 Å². The average Bonchev–Trinajstić information content (AvgIpc) is 1.60. The lowest BCUT2D eigenvalue weighted by molar-refractivity contribution is -0.146. The molecule has 0 aliphatic rings. The summed E-state index contributed by atoms with van der Waals surface area (Å²) in [4.78, 5) is 10.7. The van der Waals surface area contributed by atoms with E-state index in [0.717, 1.165) is 0 Å². The van der Waals surface area contributed by atoms with Gasteiger partial charge in [0.15, 0.2) is 0 Å². The summed E-state index contributed by atoms with van der Waals surface area (Å²) in [5.41, 5.74) is 4.36. The lowest BCUT2D eigenvalue weighted by Crippen LogP contribution is -2.28. The number of aliphatic carboxylic acids is 1. The Bertz CT molecular complexity index is 165. The van der Waals surface area contributed by atoms with E-state index < -0.39 is 11.4 Å². The Balaban J connectivity index is 4.13. The molecular weight excluding hydrogens is 150 g/mol. The number of hydrogen-bond donors (Lipinski definition) is 2. The lowest BCUT2D eigenvalue weighted by Gasteiger charge is -2.17. The minimum atomic E-state index is -0.875. The van der Waals surface area contributed by atoms with E-state index in [-0.39, 0.29) is 11.4 Å². The molecular formula is C6H11NO2S. The van der Waals surface area contributed by atoms with Crippen LogP contribution in [0.4, 0.5) is 0 Å². The number of carbonyl (C=O) groups is 1. The second kappa shape index (κ2) is 2.96. The van der Waals surface area contributed by atoms with Crippen molar-refractivity contribution < 1.29 is 9.90 Å². The summed E-state index contributed by atoms with van der Waals surface area (Å²) in [6.07, 6.45) is 0.248. The largest absolute Gasteiger partial charge is 0.481 e. The molecule has 0 saturated heterocycles. The third kappa shape index (κ3) is 2.77. The minimum absolute atomic E-state index is 0.243. The van der Waals surface area contributed by atoms with Crippen LogP contribution in [0.2, 0.25) is 0 Å². The van der Waals surface area contributed by atoms with Crippen LogP contribution in [-0.2, 0) is 4.79 Å². The fourth-order valence-corrected chi connectivity index (χ4v) is 0.872. The van der Waals surface area contributed by atoms with Gasteiger partial charge < -0.3 is 10.8 Å². The Hall–Kier alpha value is -0.640. The summed E-state index contributed by atoms with van der Waals surface area (Å²) < 4.78 is 0. The van der Waals surface area contributed by atoms with Gasteiger partial charge in [-0.2, -0.15) is 0 Å². The maximum absolute atomic E-state index is 10.4. The molecule has 3 N–H and O–H groups in total. The third-order valence-electron chi connectivity index (χ3n) is 1.20. The number of nitrogens with two attached hydrogens (primary N) is 1. The molecule has 0 atom stereocenters. The van der Waals surface area contributed by atoms with Gasteiger partial charge in [0.25, 0.3) is 0 Å². The van der Waals surface area contributed by atoms with Crippen LogP contribution >= 0.6 is 12.2 Å². The molecule has 0 aromatic rings. The van der Waals surface area contributed by atoms with Gasteiger partial charge in [-0.25, -0.2) is 0 Å². The quantitative estimate of drug-likeness (QED) is 0.600. The van der Waals surface area contributed by atoms with Crippen molar-refractivity contribution in [2.45, 2.75) is 20.3 Å². The zero-order chi connectivity index (χ0) is 8.36. The summed E-state index contributed by atoms with van der Waals surface area (Å²) >= 11 is 4.58. The van der Waals surface area contributed by atoms with Crippen LogP contribution in [0.15, 0.2) is 0 Å². The summed E-state index contributed by atoms with van der Waals surface area (Å²) in [5, 5.41) is 8.57. The van der Waals surface area contributed by atoms with Crippen LogP contribution in [0.25, 0.3) is 0 Å². The van der Waals surface area contributed by atoms with Gasteiger partial charge in [-0.15, -0.1) is 0 Å². The van der Waals surface area contributed by atoms with Gasteiger partial charge in [0.2, 0.25) is 0 Å². The molecule has 0 rings (SSSR count). The molecule has 0 heterocycles. The molecule has 3 nitrogen and oxygen atoms in total. The zero-order valence-corrected chi connectivity index (χ0v) is 6.86. The smallest absolute Gasteiger partial charge is 0.309 e. The van der Waals surface area contributed by atoms with Crippen molar-refractivity contribution in [3.8, 4) is 0 Å². The predicted molar refractivity (Wildman–Crippen MR) is 42.8 cm³/mol. The SMILES string of the molecule is CC(C)(CC(N)=S)C(=O)O. The molecule has 0 amide bonds. The van der Waals surface area contributed by atoms with E-state index in [1.807, 2.05) is 0 Å². The minimum Gasteiger partial charge on any atom is -0.481 e. The van der Waals surface area contributed by atoms with Gasteiger partial charge in [0, 0.05) is 6.42 Å². The van der Waals surface area contributed by atoms with E-state index in [0.29, 0.717) is 0 Å². The molecule has 0 aromatic carbocycles. The first kappa shape index (κ1) is 9.36. The number of carboxylic acids is 1. The van der Waals surface area contributed by atoms with Crippen LogP contribution in [0, 0.1) is 5.41 Å². The molecule has 10 heavy (non-hydrogen) atoms. The second-order valence-corrected chi connectivity index (χ2v) is 3.36. The van der Waals surface area contributed by atoms with Crippen LogP contribution in [0.3, 0.4) is 0 Å². The Morgan fingerprint density at radius 1 is 1.70 bits per heavy atom. The molecule has 0 spiro atoms. The van der Waals surface area contributed by atoms with Gasteiger partial charge in [0.05, 0.1) is 10.4 Å². The van der Waals surface area contributed by atoms with Crippen LogP contribution in [0.5, 0.6) is 0 Å². The van der Waals surface area contributed by atoms with Crippen LogP contribution in [-0.4, -0.2) is 16.1 Å². The third-order valence-corrected chi connectivity index (χ3v) is 1.34. The van der Waals surface area contributed by atoms with E-state index in [4.69, 9.17) is 10.8 Å². The Kier molecular flexibility index (Phi) is 2.77. The molecule has 0 aliphatic carbocycles. The number of carboxylic acid groups (broad SMARTS) is 1. The Labute approximate surface area is 65.2 Å². The first-order chi connectivity index (χ1) is 4.36. The summed E-state index contributed by atoms with van der Waals surface area (Å²) in [7, 11) is 0. The van der Waals surface area contributed by atoms with Crippen molar-refractivity contribution in [2.24, 2.45) is 11.1 Å². The number of rotatable bonds is 3. The van der Waals surface area contributed by atoms with E-state index in [9.17, 15) is 4.79 Å². The zero-order valence-electron chi connectivity index (χ0n) is 6.05. The van der Waals surface area contributed by atoms with Crippen molar-refractivity contribution >= 4 is 23.2 Å². The molecule has 0 aliphatic heterocycles. The molecule has 58 valence electrons. The molecule has 0 radical (unpaired) electrons. The second-order valence-electron chi connectivity index (χ2n) is 2.83. The molecule has 0 bridgehead atoms. The maximum Gasteiger partial charge on any atom is 0.309 e. The van der Waals surface area contributed by atoms with Crippen molar-refractivity contribution in [1.29, 1.82) is 0 Å². The first-order valence-corrected chi connectivity index (χ1v) is 3.29. The normalized spacial score (nSPS) is 11.0. The van der Waals surface area contributed by atoms with Gasteiger partial charge in [-0.05, 0) is 13.8 Å². The molecule has 4 heteroatoms. The fourth-order valence-electron chi connectivity index (χ4n) is 0.511. The fraction of sp³-hybridized carbons (Fsp3) is 0.667. The van der Waals surface area contributed by atoms with Gasteiger partial charge in [-0.3, -0.25) is 4.79 Å². The molecule has 0 saturated carbocycles. The predicted octanol–water partition coefficient (Wildman–Crippen LogP) is 0.773. The van der Waals surface area contributed by atoms with Crippen LogP contribution < -0.4 is 5.73 Å². The summed E-state index contributed by atoms with van der Waals surface area (Å²) in [6, 6.07) is 0. The first-order valence-electron chi connectivity index (χ1n) is 2.88. The lowest BCUT2D eigenvalue weighted by atomic mass is 9.90. The Morgan fingerprint density at radius 2 is 2.10 bits per heavy atom. The van der Waals surface area contributed by atoms with Crippen LogP contribution in [0.1, 0.15) is 20.3 Å². The average molecular weight is 161 g/mol. The highest BCUT2D eigenvalue weighted by Crippen LogP contribution is 2.19. The number of hydrogen-bond acceptors (Lipinski definition) is 2. The topological polar surface area (TPSA) is 63.3 Å². The summed E-state index contributed by atoms with van der Waals surface area (Å²) in [5.74, 6) is -0.875. The van der Waals surface area contributed by atoms with Gasteiger partial charge in [-0.1, -0.05) is 12.2 Å². The van der Waals surface area contributed by atoms with Gasteiger partial charge in [0.1, 0.15) is 0 Å². The monoisotopic (exact) mass is 161 g/mol. The Morgan fingerprint density at radius 3 is 2.20 bits per heavy atom. The standard InChI is InChI=1S/C6H11NO2S/c1-6(2,5(8)9)3-4(7)10/h3H2,1-2H3,(H2,7,10)(H,8,9). The number of thiocarbonyl (C=S) groups is 1. The van der Waals surface area contributed by atoms with E-state index >= 15 is 0 Å². The highest BCUT2D eigenvalue weighted by atomic mass is 32.1. The van der Waals surface area contributed by atoms with E-state index in [1.54, 1.807) is 13.8 Å². The van der Waals surface area contributed by atoms with Crippen molar-refractivity contribution in [3.63, 3.8) is 0 Å². The van der Waals surface area contributed by atoms with Crippen molar-refractivity contribution in [1.82, 2.24) is 0 Å². The molecule has 0 unspecified atom stereocenters. The van der Waals surface area contributed by atoms with Crippen molar-refractivity contribution in [3.05, 3.63) is 0 Å². The maximum atomic E-state index is 10.4. The van der Waals surface area contributed by atoms with Crippen molar-refractivity contribution in [2.75, 3.05) is 0 Å². The van der Waals surface area contributed by atoms with E-state index in [2.05, 4.69) is 12.2 Å². The molecule has 0 aromatic heterocycles. The highest BCUT2D eigenvalue weighted by molar-refractivity contribution is 7.80. The molecule has 0 fully saturated rings. The highest BCUT2D eigenvalue weighted by Gasteiger charge is 2.27.